The van der Waals surface area contributed by atoms with Crippen LogP contribution in [-0.2, 0) is 4.79 Å². The number of ether oxygens (including phenoxy) is 2. The van der Waals surface area contributed by atoms with E-state index in [1.165, 1.54) is 7.11 Å². The summed E-state index contributed by atoms with van der Waals surface area (Å²) in [7, 11) is 1.48. The molecule has 0 aromatic heterocycles. The van der Waals surface area contributed by atoms with Gasteiger partial charge in [-0.2, -0.15) is 10.4 Å². The lowest BCUT2D eigenvalue weighted by atomic mass is 10.1. The van der Waals surface area contributed by atoms with Gasteiger partial charge in [-0.15, -0.1) is 0 Å². The van der Waals surface area contributed by atoms with E-state index in [4.69, 9.17) is 19.8 Å². The standard InChI is InChI=1S/C18H17N3O4/c1-12(20-21-15-5-3-4-13(8-15)10-19)14-6-7-16(17(9-14)24-2)25-11-18(22)23/h3-9,21H,11H2,1-2H3,(H,22,23). The van der Waals surface area contributed by atoms with Crippen molar-refractivity contribution in [1.29, 1.82) is 5.26 Å². The average Bonchev–Trinajstić information content (AvgIpc) is 2.64. The van der Waals surface area contributed by atoms with Crippen LogP contribution >= 0.6 is 0 Å². The third-order valence-corrected chi connectivity index (χ3v) is 3.28. The molecule has 0 fully saturated rings. The largest absolute Gasteiger partial charge is 0.493 e. The van der Waals surface area contributed by atoms with Gasteiger partial charge in [0.1, 0.15) is 0 Å². The highest BCUT2D eigenvalue weighted by Gasteiger charge is 2.09. The van der Waals surface area contributed by atoms with E-state index in [-0.39, 0.29) is 0 Å². The van der Waals surface area contributed by atoms with Crippen LogP contribution in [0.1, 0.15) is 18.1 Å². The quantitative estimate of drug-likeness (QED) is 0.594. The zero-order valence-electron chi connectivity index (χ0n) is 13.8. The Labute approximate surface area is 145 Å². The van der Waals surface area contributed by atoms with Gasteiger partial charge in [-0.25, -0.2) is 4.79 Å². The molecule has 7 nitrogen and oxygen atoms in total. The Hall–Kier alpha value is -3.53. The number of carbonyl (C=O) groups is 1. The Balaban J connectivity index is 2.16. The highest BCUT2D eigenvalue weighted by Crippen LogP contribution is 2.28. The average molecular weight is 339 g/mol. The zero-order chi connectivity index (χ0) is 18.2. The summed E-state index contributed by atoms with van der Waals surface area (Å²) in [6.07, 6.45) is 0. The first kappa shape index (κ1) is 17.8. The van der Waals surface area contributed by atoms with Crippen LogP contribution in [0.15, 0.2) is 47.6 Å². The minimum atomic E-state index is -1.06. The van der Waals surface area contributed by atoms with Crippen LogP contribution in [-0.4, -0.2) is 30.5 Å². The van der Waals surface area contributed by atoms with Gasteiger partial charge >= 0.3 is 5.97 Å². The number of benzene rings is 2. The van der Waals surface area contributed by atoms with Gasteiger partial charge in [-0.05, 0) is 43.3 Å². The molecule has 0 aliphatic heterocycles. The summed E-state index contributed by atoms with van der Waals surface area (Å²) in [5.74, 6) is -0.302. The Morgan fingerprint density at radius 1 is 1.28 bits per heavy atom. The van der Waals surface area contributed by atoms with Crippen LogP contribution in [0.3, 0.4) is 0 Å². The van der Waals surface area contributed by atoms with Crippen molar-refractivity contribution in [3.8, 4) is 17.6 Å². The molecule has 0 aliphatic rings. The lowest BCUT2D eigenvalue weighted by Crippen LogP contribution is -2.10. The summed E-state index contributed by atoms with van der Waals surface area (Å²) in [6.45, 7) is 1.37. The smallest absolute Gasteiger partial charge is 0.341 e. The predicted molar refractivity (Wildman–Crippen MR) is 93.1 cm³/mol. The summed E-state index contributed by atoms with van der Waals surface area (Å²) >= 11 is 0. The van der Waals surface area contributed by atoms with E-state index in [0.29, 0.717) is 28.5 Å². The molecule has 0 bridgehead atoms. The number of hydrogen-bond acceptors (Lipinski definition) is 6. The maximum Gasteiger partial charge on any atom is 0.341 e. The Bertz CT molecular complexity index is 840. The van der Waals surface area contributed by atoms with Gasteiger partial charge in [0.05, 0.1) is 30.1 Å². The molecule has 0 aliphatic carbocycles. The summed E-state index contributed by atoms with van der Waals surface area (Å²) in [4.78, 5) is 10.6. The molecule has 0 atom stereocenters. The Kier molecular flexibility index (Phi) is 5.96. The number of nitriles is 1. The van der Waals surface area contributed by atoms with E-state index in [9.17, 15) is 4.79 Å². The third-order valence-electron chi connectivity index (χ3n) is 3.28. The van der Waals surface area contributed by atoms with Gasteiger partial charge in [-0.3, -0.25) is 5.43 Å². The second-order valence-electron chi connectivity index (χ2n) is 5.05. The molecular weight excluding hydrogens is 322 g/mol. The Morgan fingerprint density at radius 2 is 2.08 bits per heavy atom. The lowest BCUT2D eigenvalue weighted by molar-refractivity contribution is -0.139. The minimum Gasteiger partial charge on any atom is -0.493 e. The van der Waals surface area contributed by atoms with E-state index in [0.717, 1.165) is 5.56 Å². The van der Waals surface area contributed by atoms with Crippen LogP contribution in [0.4, 0.5) is 5.69 Å². The summed E-state index contributed by atoms with van der Waals surface area (Å²) in [5, 5.41) is 21.9. The third kappa shape index (κ3) is 4.97. The predicted octanol–water partition coefficient (Wildman–Crippen LogP) is 2.87. The second kappa shape index (κ2) is 8.36. The fraction of sp³-hybridized carbons (Fsp3) is 0.167. The SMILES string of the molecule is COc1cc(C(C)=NNc2cccc(C#N)c2)ccc1OCC(=O)O. The van der Waals surface area contributed by atoms with E-state index >= 15 is 0 Å². The topological polar surface area (TPSA) is 104 Å². The first-order valence-electron chi connectivity index (χ1n) is 7.37. The van der Waals surface area contributed by atoms with Crippen molar-refractivity contribution in [3.63, 3.8) is 0 Å². The maximum absolute atomic E-state index is 10.6. The van der Waals surface area contributed by atoms with E-state index in [2.05, 4.69) is 16.6 Å². The normalized spacial score (nSPS) is 10.7. The summed E-state index contributed by atoms with van der Waals surface area (Å²) in [6, 6.07) is 14.1. The number of anilines is 1. The molecule has 25 heavy (non-hydrogen) atoms. The number of nitrogens with zero attached hydrogens (tertiary/aromatic N) is 2. The number of methoxy groups -OCH3 is 1. The van der Waals surface area contributed by atoms with Crippen LogP contribution in [0.2, 0.25) is 0 Å². The van der Waals surface area contributed by atoms with Crippen LogP contribution < -0.4 is 14.9 Å². The molecule has 2 rings (SSSR count). The molecule has 0 spiro atoms. The van der Waals surface area contributed by atoms with E-state index in [1.54, 1.807) is 42.5 Å². The molecule has 2 N–H and O–H groups in total. The highest BCUT2D eigenvalue weighted by molar-refractivity contribution is 5.99. The summed E-state index contributed by atoms with van der Waals surface area (Å²) in [5.41, 5.74) is 5.61. The molecule has 0 saturated carbocycles. The highest BCUT2D eigenvalue weighted by atomic mass is 16.5. The summed E-state index contributed by atoms with van der Waals surface area (Å²) < 4.78 is 10.4. The number of aliphatic carboxylic acids is 1. The molecule has 0 saturated heterocycles. The number of carboxylic acid groups (broad SMARTS) is 1. The first-order valence-corrected chi connectivity index (χ1v) is 7.37. The first-order chi connectivity index (χ1) is 12.0. The second-order valence-corrected chi connectivity index (χ2v) is 5.05. The maximum atomic E-state index is 10.6. The van der Waals surface area contributed by atoms with Crippen molar-refractivity contribution in [3.05, 3.63) is 53.6 Å². The fourth-order valence-corrected chi connectivity index (χ4v) is 2.02. The number of hydrogen-bond donors (Lipinski definition) is 2. The number of hydrazone groups is 1. The van der Waals surface area contributed by atoms with Crippen molar-refractivity contribution in [2.24, 2.45) is 5.10 Å². The molecule has 2 aromatic rings. The van der Waals surface area contributed by atoms with E-state index in [1.807, 2.05) is 6.92 Å². The fourth-order valence-electron chi connectivity index (χ4n) is 2.02. The van der Waals surface area contributed by atoms with Gasteiger partial charge in [0, 0.05) is 5.56 Å². The van der Waals surface area contributed by atoms with Crippen LogP contribution in [0.5, 0.6) is 11.5 Å². The van der Waals surface area contributed by atoms with Crippen molar-refractivity contribution < 1.29 is 19.4 Å². The molecule has 2 aromatic carbocycles. The molecule has 128 valence electrons. The zero-order valence-corrected chi connectivity index (χ0v) is 13.8. The van der Waals surface area contributed by atoms with Gasteiger partial charge in [0.2, 0.25) is 0 Å². The molecule has 0 radical (unpaired) electrons. The van der Waals surface area contributed by atoms with Crippen molar-refractivity contribution >= 4 is 17.4 Å². The monoisotopic (exact) mass is 339 g/mol. The van der Waals surface area contributed by atoms with Crippen molar-refractivity contribution in [2.45, 2.75) is 6.92 Å². The number of carboxylic acids is 1. The van der Waals surface area contributed by atoms with Gasteiger partial charge in [0.15, 0.2) is 18.1 Å². The molecule has 0 unspecified atom stereocenters. The minimum absolute atomic E-state index is 0.344. The molecule has 7 heteroatoms. The molecule has 0 heterocycles. The molecule has 0 amide bonds. The van der Waals surface area contributed by atoms with Crippen molar-refractivity contribution in [2.75, 3.05) is 19.1 Å². The lowest BCUT2D eigenvalue weighted by Gasteiger charge is -2.11. The van der Waals surface area contributed by atoms with Crippen molar-refractivity contribution in [1.82, 2.24) is 0 Å². The van der Waals surface area contributed by atoms with Crippen LogP contribution in [0, 0.1) is 11.3 Å². The van der Waals surface area contributed by atoms with Crippen LogP contribution in [0.25, 0.3) is 0 Å². The van der Waals surface area contributed by atoms with Gasteiger partial charge in [-0.1, -0.05) is 6.07 Å². The number of rotatable bonds is 7. The van der Waals surface area contributed by atoms with E-state index < -0.39 is 12.6 Å². The Morgan fingerprint density at radius 3 is 2.76 bits per heavy atom. The number of nitrogens with one attached hydrogen (secondary N) is 1. The molecular formula is C18H17N3O4. The van der Waals surface area contributed by atoms with Gasteiger partial charge < -0.3 is 14.6 Å². The van der Waals surface area contributed by atoms with Gasteiger partial charge in [0.25, 0.3) is 0 Å².